The third-order valence-electron chi connectivity index (χ3n) is 3.41. The number of aromatic nitrogens is 3. The second-order valence-electron chi connectivity index (χ2n) is 4.86. The van der Waals surface area contributed by atoms with Gasteiger partial charge in [-0.3, -0.25) is 9.36 Å². The Balaban J connectivity index is 2.06. The Morgan fingerprint density at radius 2 is 2.38 bits per heavy atom. The van der Waals surface area contributed by atoms with Crippen molar-refractivity contribution in [2.45, 2.75) is 13.1 Å². The first-order valence-electron chi connectivity index (χ1n) is 6.91. The number of furan rings is 1. The quantitative estimate of drug-likeness (QED) is 0.394. The number of methoxy groups -OCH3 is 1. The number of esters is 1. The molecule has 9 heteroatoms. The molecule has 0 saturated heterocycles. The fourth-order valence-corrected chi connectivity index (χ4v) is 3.61. The van der Waals surface area contributed by atoms with Gasteiger partial charge in [0.05, 0.1) is 19.9 Å². The molecule has 0 atom stereocenters. The SMILES string of the molecule is C=CCn1c(=S)sc2c(=O)n(Cc3ccoc3C(=O)OC)cnc21. The van der Waals surface area contributed by atoms with E-state index < -0.39 is 5.97 Å². The molecule has 3 heterocycles. The summed E-state index contributed by atoms with van der Waals surface area (Å²) < 4.78 is 14.0. The van der Waals surface area contributed by atoms with E-state index in [4.69, 9.17) is 16.6 Å². The summed E-state index contributed by atoms with van der Waals surface area (Å²) in [5.41, 5.74) is 0.849. The summed E-state index contributed by atoms with van der Waals surface area (Å²) in [5.74, 6) is -0.522. The molecule has 3 aromatic heterocycles. The van der Waals surface area contributed by atoms with E-state index in [-0.39, 0.29) is 17.9 Å². The number of carbonyl (C=O) groups excluding carboxylic acids is 1. The van der Waals surface area contributed by atoms with Crippen molar-refractivity contribution in [1.82, 2.24) is 14.1 Å². The summed E-state index contributed by atoms with van der Waals surface area (Å²) >= 11 is 6.48. The minimum atomic E-state index is -0.593. The van der Waals surface area contributed by atoms with Crippen molar-refractivity contribution < 1.29 is 13.9 Å². The highest BCUT2D eigenvalue weighted by molar-refractivity contribution is 7.73. The molecule has 0 aromatic carbocycles. The van der Waals surface area contributed by atoms with E-state index in [9.17, 15) is 9.59 Å². The van der Waals surface area contributed by atoms with Crippen LogP contribution < -0.4 is 5.56 Å². The second kappa shape index (κ2) is 6.54. The molecular formula is C15H13N3O4S2. The maximum Gasteiger partial charge on any atom is 0.374 e. The first-order chi connectivity index (χ1) is 11.6. The van der Waals surface area contributed by atoms with E-state index in [0.717, 1.165) is 0 Å². The Morgan fingerprint density at radius 3 is 3.08 bits per heavy atom. The Morgan fingerprint density at radius 1 is 1.58 bits per heavy atom. The number of rotatable bonds is 5. The van der Waals surface area contributed by atoms with Crippen molar-refractivity contribution in [1.29, 1.82) is 0 Å². The Bertz CT molecular complexity index is 1040. The maximum absolute atomic E-state index is 12.7. The van der Waals surface area contributed by atoms with E-state index in [1.165, 1.54) is 35.6 Å². The van der Waals surface area contributed by atoms with Gasteiger partial charge in [-0.2, -0.15) is 0 Å². The summed E-state index contributed by atoms with van der Waals surface area (Å²) in [6.45, 7) is 4.32. The largest absolute Gasteiger partial charge is 0.463 e. The van der Waals surface area contributed by atoms with Gasteiger partial charge in [0.2, 0.25) is 5.76 Å². The van der Waals surface area contributed by atoms with Gasteiger partial charge in [0.25, 0.3) is 5.56 Å². The molecular weight excluding hydrogens is 350 g/mol. The monoisotopic (exact) mass is 363 g/mol. The topological polar surface area (TPSA) is 79.3 Å². The molecule has 0 bridgehead atoms. The number of fused-ring (bicyclic) bond motifs is 1. The van der Waals surface area contributed by atoms with Gasteiger partial charge in [-0.05, 0) is 18.3 Å². The lowest BCUT2D eigenvalue weighted by Gasteiger charge is -2.05. The molecule has 0 amide bonds. The minimum absolute atomic E-state index is 0.0707. The standard InChI is InChI=1S/C15H13N3O4S2/c1-3-5-18-12-11(24-15(18)23)13(19)17(8-16-12)7-9-4-6-22-10(9)14(20)21-2/h3-4,6,8H,1,5,7H2,2H3. The molecule has 0 aliphatic carbocycles. The van der Waals surface area contributed by atoms with Crippen molar-refractivity contribution in [2.24, 2.45) is 0 Å². The van der Waals surface area contributed by atoms with Gasteiger partial charge in [0, 0.05) is 12.1 Å². The van der Waals surface area contributed by atoms with E-state index in [0.29, 0.717) is 26.4 Å². The van der Waals surface area contributed by atoms with Crippen LogP contribution in [0.5, 0.6) is 0 Å². The van der Waals surface area contributed by atoms with Crippen molar-refractivity contribution in [2.75, 3.05) is 7.11 Å². The molecule has 3 rings (SSSR count). The van der Waals surface area contributed by atoms with Crippen LogP contribution in [0.25, 0.3) is 10.3 Å². The fourth-order valence-electron chi connectivity index (χ4n) is 2.29. The van der Waals surface area contributed by atoms with Crippen LogP contribution in [0.2, 0.25) is 0 Å². The van der Waals surface area contributed by atoms with E-state index in [1.54, 1.807) is 16.7 Å². The number of thiazole rings is 1. The molecule has 3 aromatic rings. The molecule has 0 radical (unpaired) electrons. The maximum atomic E-state index is 12.7. The average molecular weight is 363 g/mol. The molecule has 24 heavy (non-hydrogen) atoms. The van der Waals surface area contributed by atoms with E-state index >= 15 is 0 Å². The zero-order valence-electron chi connectivity index (χ0n) is 12.7. The zero-order valence-corrected chi connectivity index (χ0v) is 14.4. The van der Waals surface area contributed by atoms with Crippen LogP contribution in [0, 0.1) is 3.95 Å². The highest BCUT2D eigenvalue weighted by Crippen LogP contribution is 2.18. The fraction of sp³-hybridized carbons (Fsp3) is 0.200. The number of ether oxygens (including phenoxy) is 1. The molecule has 0 unspecified atom stereocenters. The van der Waals surface area contributed by atoms with Crippen LogP contribution in [-0.2, 0) is 17.8 Å². The molecule has 0 N–H and O–H groups in total. The number of hydrogen-bond donors (Lipinski definition) is 0. The van der Waals surface area contributed by atoms with Crippen LogP contribution in [-0.4, -0.2) is 27.2 Å². The van der Waals surface area contributed by atoms with Crippen molar-refractivity contribution in [3.63, 3.8) is 0 Å². The van der Waals surface area contributed by atoms with Crippen molar-refractivity contribution >= 4 is 39.9 Å². The number of carbonyl (C=O) groups is 1. The van der Waals surface area contributed by atoms with Gasteiger partial charge in [0.1, 0.15) is 11.0 Å². The van der Waals surface area contributed by atoms with Gasteiger partial charge in [0.15, 0.2) is 9.60 Å². The highest BCUT2D eigenvalue weighted by atomic mass is 32.1. The number of hydrogen-bond acceptors (Lipinski definition) is 7. The molecule has 0 aliphatic rings. The highest BCUT2D eigenvalue weighted by Gasteiger charge is 2.18. The third kappa shape index (κ3) is 2.72. The van der Waals surface area contributed by atoms with E-state index in [2.05, 4.69) is 16.3 Å². The van der Waals surface area contributed by atoms with Crippen LogP contribution in [0.4, 0.5) is 0 Å². The predicted molar refractivity (Wildman–Crippen MR) is 92.1 cm³/mol. The average Bonchev–Trinajstić information content (AvgIpc) is 3.16. The summed E-state index contributed by atoms with van der Waals surface area (Å²) in [5, 5.41) is 0. The smallest absolute Gasteiger partial charge is 0.374 e. The predicted octanol–water partition coefficient (Wildman–Crippen LogP) is 2.60. The second-order valence-corrected chi connectivity index (χ2v) is 6.51. The van der Waals surface area contributed by atoms with Crippen LogP contribution >= 0.6 is 23.6 Å². The molecule has 0 spiro atoms. The van der Waals surface area contributed by atoms with Gasteiger partial charge < -0.3 is 13.7 Å². The van der Waals surface area contributed by atoms with E-state index in [1.807, 2.05) is 0 Å². The molecule has 0 aliphatic heterocycles. The van der Waals surface area contributed by atoms with Gasteiger partial charge in [-0.15, -0.1) is 6.58 Å². The molecule has 7 nitrogen and oxygen atoms in total. The van der Waals surface area contributed by atoms with Crippen LogP contribution in [0.3, 0.4) is 0 Å². The molecule has 0 saturated carbocycles. The van der Waals surface area contributed by atoms with Gasteiger partial charge in [-0.25, -0.2) is 9.78 Å². The summed E-state index contributed by atoms with van der Waals surface area (Å²) in [4.78, 5) is 28.7. The number of nitrogens with zero attached hydrogens (tertiary/aromatic N) is 3. The normalized spacial score (nSPS) is 10.9. The van der Waals surface area contributed by atoms with Gasteiger partial charge >= 0.3 is 5.97 Å². The third-order valence-corrected chi connectivity index (χ3v) is 4.84. The van der Waals surface area contributed by atoms with Crippen molar-refractivity contribution in [3.05, 3.63) is 56.9 Å². The van der Waals surface area contributed by atoms with Crippen molar-refractivity contribution in [3.8, 4) is 0 Å². The Kier molecular flexibility index (Phi) is 4.45. The van der Waals surface area contributed by atoms with Gasteiger partial charge in [-0.1, -0.05) is 17.4 Å². The van der Waals surface area contributed by atoms with Crippen LogP contribution in [0.15, 0.2) is 40.5 Å². The minimum Gasteiger partial charge on any atom is -0.463 e. The number of allylic oxidation sites excluding steroid dienone is 1. The lowest BCUT2D eigenvalue weighted by atomic mass is 10.2. The summed E-state index contributed by atoms with van der Waals surface area (Å²) in [7, 11) is 1.27. The zero-order chi connectivity index (χ0) is 17.3. The lowest BCUT2D eigenvalue weighted by molar-refractivity contribution is 0.0563. The summed E-state index contributed by atoms with van der Waals surface area (Å²) in [6, 6.07) is 1.62. The van der Waals surface area contributed by atoms with Crippen LogP contribution in [0.1, 0.15) is 16.1 Å². The summed E-state index contributed by atoms with van der Waals surface area (Å²) in [6.07, 6.45) is 4.51. The molecule has 124 valence electrons. The first kappa shape index (κ1) is 16.3. The first-order valence-corrected chi connectivity index (χ1v) is 8.13. The Hall–Kier alpha value is -2.52. The lowest BCUT2D eigenvalue weighted by Crippen LogP contribution is -2.21. The Labute approximate surface area is 145 Å². The molecule has 0 fully saturated rings.